The first-order chi connectivity index (χ1) is 14.3. The fourth-order valence-electron chi connectivity index (χ4n) is 3.91. The highest BCUT2D eigenvalue weighted by Crippen LogP contribution is 2.38. The molecule has 158 valence electrons. The third-order valence-electron chi connectivity index (χ3n) is 5.47. The number of nitrogens with zero attached hydrogens (tertiary/aromatic N) is 4. The molecule has 0 aliphatic carbocycles. The van der Waals surface area contributed by atoms with Gasteiger partial charge >= 0.3 is 0 Å². The van der Waals surface area contributed by atoms with Crippen LogP contribution in [0.1, 0.15) is 25.0 Å². The normalized spacial score (nSPS) is 16.0. The van der Waals surface area contributed by atoms with E-state index in [-0.39, 0.29) is 5.54 Å². The highest BCUT2D eigenvalue weighted by molar-refractivity contribution is 5.94. The van der Waals surface area contributed by atoms with Crippen molar-refractivity contribution in [3.8, 4) is 17.4 Å². The fraction of sp³-hybridized carbons (Fsp3) is 0.409. The summed E-state index contributed by atoms with van der Waals surface area (Å²) in [5.41, 5.74) is 8.77. The molecule has 3 aromatic rings. The maximum atomic E-state index is 6.37. The summed E-state index contributed by atoms with van der Waals surface area (Å²) in [6.45, 7) is 10.9. The molecule has 1 saturated heterocycles. The number of fused-ring (bicyclic) bond motifs is 1. The minimum Gasteiger partial charge on any atom is -0.496 e. The average Bonchev–Trinajstić information content (AvgIpc) is 2.70. The second-order valence-electron chi connectivity index (χ2n) is 8.31. The van der Waals surface area contributed by atoms with Gasteiger partial charge < -0.3 is 25.4 Å². The van der Waals surface area contributed by atoms with Crippen LogP contribution in [0.25, 0.3) is 10.9 Å². The molecule has 0 spiro atoms. The molecule has 1 aliphatic rings. The van der Waals surface area contributed by atoms with Crippen molar-refractivity contribution >= 4 is 22.5 Å². The lowest BCUT2D eigenvalue weighted by Gasteiger charge is -2.39. The molecule has 0 atom stereocenters. The number of rotatable bonds is 4. The zero-order chi connectivity index (χ0) is 21.5. The number of piperazine rings is 1. The van der Waals surface area contributed by atoms with E-state index < -0.39 is 0 Å². The van der Waals surface area contributed by atoms with Gasteiger partial charge in [-0.05, 0) is 39.3 Å². The average molecular weight is 409 g/mol. The van der Waals surface area contributed by atoms with Crippen LogP contribution in [0.15, 0.2) is 24.5 Å². The topological polar surface area (TPSA) is 98.4 Å². The summed E-state index contributed by atoms with van der Waals surface area (Å²) in [6, 6.07) is 5.85. The number of methoxy groups -OCH3 is 1. The van der Waals surface area contributed by atoms with Gasteiger partial charge in [-0.1, -0.05) is 6.07 Å². The number of ether oxygens (including phenoxy) is 2. The van der Waals surface area contributed by atoms with Crippen LogP contribution in [-0.2, 0) is 0 Å². The lowest BCUT2D eigenvalue weighted by Crippen LogP contribution is -2.57. The molecule has 0 bridgehead atoms. The van der Waals surface area contributed by atoms with E-state index in [1.807, 2.05) is 32.0 Å². The molecule has 3 heterocycles. The number of pyridine rings is 1. The van der Waals surface area contributed by atoms with Gasteiger partial charge in [0, 0.05) is 36.8 Å². The summed E-state index contributed by atoms with van der Waals surface area (Å²) in [5, 5.41) is 4.13. The molecule has 8 nitrogen and oxygen atoms in total. The van der Waals surface area contributed by atoms with Crippen LogP contribution in [0.4, 0.5) is 11.6 Å². The number of anilines is 2. The zero-order valence-electron chi connectivity index (χ0n) is 18.1. The van der Waals surface area contributed by atoms with Gasteiger partial charge in [0.2, 0.25) is 5.88 Å². The molecule has 4 rings (SSSR count). The molecule has 2 aromatic heterocycles. The van der Waals surface area contributed by atoms with Gasteiger partial charge in [-0.25, -0.2) is 9.97 Å². The molecule has 0 saturated carbocycles. The molecular weight excluding hydrogens is 380 g/mol. The van der Waals surface area contributed by atoms with Crippen LogP contribution < -0.4 is 25.4 Å². The molecule has 1 aromatic carbocycles. The molecular formula is C22H28N6O2. The van der Waals surface area contributed by atoms with E-state index in [0.29, 0.717) is 28.4 Å². The molecule has 0 amide bonds. The maximum Gasteiger partial charge on any atom is 0.234 e. The fourth-order valence-corrected chi connectivity index (χ4v) is 3.91. The Kier molecular flexibility index (Phi) is 5.11. The van der Waals surface area contributed by atoms with Gasteiger partial charge in [0.15, 0.2) is 0 Å². The minimum atomic E-state index is -0.0133. The second-order valence-corrected chi connectivity index (χ2v) is 8.31. The first-order valence-electron chi connectivity index (χ1n) is 10.0. The van der Waals surface area contributed by atoms with E-state index in [1.165, 1.54) is 6.33 Å². The van der Waals surface area contributed by atoms with Gasteiger partial charge in [0.25, 0.3) is 0 Å². The van der Waals surface area contributed by atoms with Crippen molar-refractivity contribution in [1.82, 2.24) is 20.3 Å². The summed E-state index contributed by atoms with van der Waals surface area (Å²) in [5.74, 6) is 3.00. The predicted molar refractivity (Wildman–Crippen MR) is 119 cm³/mol. The Bertz CT molecular complexity index is 1100. The Morgan fingerprint density at radius 1 is 1.20 bits per heavy atom. The van der Waals surface area contributed by atoms with E-state index >= 15 is 0 Å². The van der Waals surface area contributed by atoms with Gasteiger partial charge in [-0.15, -0.1) is 0 Å². The number of hydrogen-bond donors (Lipinski definition) is 2. The number of aryl methyl sites for hydroxylation is 1. The summed E-state index contributed by atoms with van der Waals surface area (Å²) in [4.78, 5) is 15.7. The van der Waals surface area contributed by atoms with Gasteiger partial charge in [-0.3, -0.25) is 0 Å². The third kappa shape index (κ3) is 3.70. The Morgan fingerprint density at radius 3 is 2.73 bits per heavy atom. The highest BCUT2D eigenvalue weighted by Gasteiger charge is 2.28. The van der Waals surface area contributed by atoms with Crippen LogP contribution in [-0.4, -0.2) is 47.2 Å². The van der Waals surface area contributed by atoms with E-state index in [2.05, 4.69) is 34.0 Å². The van der Waals surface area contributed by atoms with Crippen LogP contribution >= 0.6 is 0 Å². The van der Waals surface area contributed by atoms with Crippen molar-refractivity contribution in [1.29, 1.82) is 0 Å². The summed E-state index contributed by atoms with van der Waals surface area (Å²) in [7, 11) is 1.65. The highest BCUT2D eigenvalue weighted by atomic mass is 16.5. The number of aromatic nitrogens is 3. The quantitative estimate of drug-likeness (QED) is 0.679. The Hall–Kier alpha value is -3.13. The van der Waals surface area contributed by atoms with E-state index in [4.69, 9.17) is 20.2 Å². The molecule has 1 aliphatic heterocycles. The molecule has 0 unspecified atom stereocenters. The van der Waals surface area contributed by atoms with E-state index in [9.17, 15) is 0 Å². The first kappa shape index (κ1) is 20.2. The largest absolute Gasteiger partial charge is 0.496 e. The van der Waals surface area contributed by atoms with Gasteiger partial charge in [0.05, 0.1) is 12.6 Å². The Labute approximate surface area is 176 Å². The van der Waals surface area contributed by atoms with Crippen LogP contribution in [0.3, 0.4) is 0 Å². The van der Waals surface area contributed by atoms with Crippen molar-refractivity contribution in [3.63, 3.8) is 0 Å². The molecule has 3 N–H and O–H groups in total. The van der Waals surface area contributed by atoms with E-state index in [0.717, 1.165) is 42.3 Å². The molecule has 0 radical (unpaired) electrons. The summed E-state index contributed by atoms with van der Waals surface area (Å²) in [6.07, 6.45) is 1.47. The Balaban J connectivity index is 1.85. The van der Waals surface area contributed by atoms with Crippen molar-refractivity contribution < 1.29 is 9.47 Å². The van der Waals surface area contributed by atoms with Crippen molar-refractivity contribution in [2.45, 2.75) is 33.2 Å². The van der Waals surface area contributed by atoms with Crippen LogP contribution in [0, 0.1) is 13.8 Å². The predicted octanol–water partition coefficient (Wildman–Crippen LogP) is 3.21. The number of hydrogen-bond acceptors (Lipinski definition) is 8. The van der Waals surface area contributed by atoms with Gasteiger partial charge in [0.1, 0.15) is 34.8 Å². The standard InChI is InChI=1S/C22H28N6O2/c1-13-6-7-16(29-5)14(2)19(13)30-21-18-15(24-12-25-20(18)23)10-17(27-21)28-9-8-26-22(3,4)11-28/h6-7,10,12,26H,8-9,11H2,1-5H3,(H2,23,24,25). The van der Waals surface area contributed by atoms with Crippen LogP contribution in [0.2, 0.25) is 0 Å². The SMILES string of the molecule is COc1ccc(C)c(Oc2nc(N3CCNC(C)(C)C3)cc3ncnc(N)c23)c1C. The monoisotopic (exact) mass is 408 g/mol. The molecule has 30 heavy (non-hydrogen) atoms. The zero-order valence-corrected chi connectivity index (χ0v) is 18.1. The van der Waals surface area contributed by atoms with Crippen molar-refractivity contribution in [3.05, 3.63) is 35.7 Å². The van der Waals surface area contributed by atoms with Crippen molar-refractivity contribution in [2.24, 2.45) is 0 Å². The summed E-state index contributed by atoms with van der Waals surface area (Å²) < 4.78 is 11.8. The Morgan fingerprint density at radius 2 is 2.00 bits per heavy atom. The van der Waals surface area contributed by atoms with Crippen molar-refractivity contribution in [2.75, 3.05) is 37.4 Å². The lowest BCUT2D eigenvalue weighted by molar-refractivity contribution is 0.351. The molecule has 8 heteroatoms. The summed E-state index contributed by atoms with van der Waals surface area (Å²) >= 11 is 0. The number of benzene rings is 1. The smallest absolute Gasteiger partial charge is 0.234 e. The van der Waals surface area contributed by atoms with Gasteiger partial charge in [-0.2, -0.15) is 4.98 Å². The number of nitrogens with two attached hydrogens (primary N) is 1. The third-order valence-corrected chi connectivity index (χ3v) is 5.47. The lowest BCUT2D eigenvalue weighted by atomic mass is 10.0. The molecule has 1 fully saturated rings. The second kappa shape index (κ2) is 7.60. The number of nitrogens with one attached hydrogen (secondary N) is 1. The van der Waals surface area contributed by atoms with Crippen LogP contribution in [0.5, 0.6) is 17.4 Å². The number of nitrogen functional groups attached to an aromatic ring is 1. The minimum absolute atomic E-state index is 0.0133. The first-order valence-corrected chi connectivity index (χ1v) is 10.0. The van der Waals surface area contributed by atoms with E-state index in [1.54, 1.807) is 7.11 Å². The maximum absolute atomic E-state index is 6.37.